The zero-order valence-corrected chi connectivity index (χ0v) is 13.3. The van der Waals surface area contributed by atoms with E-state index >= 15 is 0 Å². The van der Waals surface area contributed by atoms with Crippen molar-refractivity contribution in [3.63, 3.8) is 0 Å². The van der Waals surface area contributed by atoms with Crippen LogP contribution in [0.25, 0.3) is 0 Å². The number of halogens is 5. The number of Topliss-reactive ketones (excluding diaryl/α,β-unsaturated/α-hetero) is 2. The van der Waals surface area contributed by atoms with Crippen LogP contribution in [0.2, 0.25) is 0 Å². The van der Waals surface area contributed by atoms with E-state index in [0.717, 1.165) is 0 Å². The summed E-state index contributed by atoms with van der Waals surface area (Å²) in [6.07, 6.45) is 0. The van der Waals surface area contributed by atoms with Crippen molar-refractivity contribution < 1.29 is 14.3 Å². The van der Waals surface area contributed by atoms with Gasteiger partial charge in [0.05, 0.1) is 19.3 Å². The Balaban J connectivity index is 2.34. The highest BCUT2D eigenvalue weighted by Crippen LogP contribution is 2.50. The first-order valence-corrected chi connectivity index (χ1v) is 7.46. The van der Waals surface area contributed by atoms with Gasteiger partial charge >= 0.3 is 0 Å². The SMILES string of the molecule is O=C1[C@@H](Cl)[C@@H](N2CCOCC2)C(=O)C(Cl)(Cl)C1(Cl)Cl. The molecular formula is C10H10Cl5NO3. The maximum Gasteiger partial charge on any atom is 0.217 e. The van der Waals surface area contributed by atoms with Crippen molar-refractivity contribution in [3.05, 3.63) is 0 Å². The number of ether oxygens (including phenoxy) is 1. The van der Waals surface area contributed by atoms with Crippen molar-refractivity contribution in [2.45, 2.75) is 20.1 Å². The molecule has 0 bridgehead atoms. The molecule has 2 atom stereocenters. The molecule has 1 saturated carbocycles. The number of hydrogen-bond acceptors (Lipinski definition) is 4. The molecule has 1 saturated heterocycles. The summed E-state index contributed by atoms with van der Waals surface area (Å²) in [5.74, 6) is -1.43. The monoisotopic (exact) mass is 367 g/mol. The number of carbonyl (C=O) groups is 2. The molecule has 1 aliphatic carbocycles. The van der Waals surface area contributed by atoms with Gasteiger partial charge in [-0.1, -0.05) is 46.4 Å². The van der Waals surface area contributed by atoms with Gasteiger partial charge in [-0.15, -0.1) is 11.6 Å². The fraction of sp³-hybridized carbons (Fsp3) is 0.800. The van der Waals surface area contributed by atoms with E-state index in [-0.39, 0.29) is 0 Å². The molecule has 0 N–H and O–H groups in total. The lowest BCUT2D eigenvalue weighted by atomic mass is 9.89. The van der Waals surface area contributed by atoms with Gasteiger partial charge in [-0.2, -0.15) is 0 Å². The second kappa shape index (κ2) is 5.48. The van der Waals surface area contributed by atoms with Crippen molar-refractivity contribution in [2.24, 2.45) is 0 Å². The highest BCUT2D eigenvalue weighted by atomic mass is 35.5. The quantitative estimate of drug-likeness (QED) is 0.661. The van der Waals surface area contributed by atoms with Gasteiger partial charge in [-0.25, -0.2) is 0 Å². The van der Waals surface area contributed by atoms with E-state index in [2.05, 4.69) is 0 Å². The molecule has 0 unspecified atom stereocenters. The molecule has 4 nitrogen and oxygen atoms in total. The number of rotatable bonds is 1. The summed E-state index contributed by atoms with van der Waals surface area (Å²) in [5, 5.41) is -1.19. The molecule has 9 heteroatoms. The fourth-order valence-electron chi connectivity index (χ4n) is 2.15. The van der Waals surface area contributed by atoms with Crippen molar-refractivity contribution in [3.8, 4) is 0 Å². The maximum absolute atomic E-state index is 12.4. The first kappa shape index (κ1) is 16.1. The highest BCUT2D eigenvalue weighted by Gasteiger charge is 2.67. The Morgan fingerprint density at radius 3 is 2.00 bits per heavy atom. The summed E-state index contributed by atoms with van der Waals surface area (Å²) in [4.78, 5) is 26.2. The molecular weight excluding hydrogens is 359 g/mol. The van der Waals surface area contributed by atoms with E-state index in [4.69, 9.17) is 62.7 Å². The summed E-state index contributed by atoms with van der Waals surface area (Å²) < 4.78 is 0.713. The Hall–Kier alpha value is 0.710. The van der Waals surface area contributed by atoms with Crippen LogP contribution in [0.15, 0.2) is 0 Å². The fourth-order valence-corrected chi connectivity index (χ4v) is 3.53. The minimum Gasteiger partial charge on any atom is -0.379 e. The Morgan fingerprint density at radius 2 is 1.47 bits per heavy atom. The van der Waals surface area contributed by atoms with E-state index in [0.29, 0.717) is 26.3 Å². The van der Waals surface area contributed by atoms with E-state index < -0.39 is 31.7 Å². The van der Waals surface area contributed by atoms with Crippen LogP contribution in [0, 0.1) is 0 Å². The average Bonchev–Trinajstić information content (AvgIpc) is 2.37. The largest absolute Gasteiger partial charge is 0.379 e. The second-order valence-electron chi connectivity index (χ2n) is 4.37. The lowest BCUT2D eigenvalue weighted by molar-refractivity contribution is -0.136. The predicted octanol–water partition coefficient (Wildman–Crippen LogP) is 1.79. The molecule has 0 aromatic heterocycles. The summed E-state index contributed by atoms with van der Waals surface area (Å²) in [7, 11) is 0. The molecule has 0 aromatic rings. The zero-order valence-electron chi connectivity index (χ0n) is 9.54. The second-order valence-corrected chi connectivity index (χ2v) is 7.50. The number of alkyl halides is 5. The third-order valence-electron chi connectivity index (χ3n) is 3.25. The van der Waals surface area contributed by atoms with E-state index in [9.17, 15) is 9.59 Å². The third kappa shape index (κ3) is 2.50. The topological polar surface area (TPSA) is 46.6 Å². The molecule has 1 heterocycles. The van der Waals surface area contributed by atoms with Crippen LogP contribution in [0.3, 0.4) is 0 Å². The lowest BCUT2D eigenvalue weighted by Gasteiger charge is -2.45. The number of nitrogens with zero attached hydrogens (tertiary/aromatic N) is 1. The Labute approximate surface area is 135 Å². The summed E-state index contributed by atoms with van der Waals surface area (Å²) >= 11 is 29.5. The van der Waals surface area contributed by atoms with Gasteiger partial charge in [0.1, 0.15) is 5.38 Å². The number of ketones is 2. The summed E-state index contributed by atoms with van der Waals surface area (Å²) in [6.45, 7) is 1.78. The van der Waals surface area contributed by atoms with E-state index in [1.807, 2.05) is 0 Å². The van der Waals surface area contributed by atoms with Gasteiger partial charge in [0.15, 0.2) is 11.6 Å². The van der Waals surface area contributed by atoms with Crippen molar-refractivity contribution in [2.75, 3.05) is 26.3 Å². The van der Waals surface area contributed by atoms with Gasteiger partial charge in [0.25, 0.3) is 0 Å². The molecule has 108 valence electrons. The normalized spacial score (nSPS) is 35.4. The van der Waals surface area contributed by atoms with Gasteiger partial charge in [-0.3, -0.25) is 14.5 Å². The molecule has 0 aromatic carbocycles. The molecule has 0 radical (unpaired) electrons. The standard InChI is InChI=1S/C10H10Cl5NO3/c11-5-6(16-1-3-19-4-2-16)8(18)10(14,15)9(12,13)7(5)17/h5-6H,1-4H2/t5-,6+/m0/s1. The summed E-state index contributed by atoms with van der Waals surface area (Å²) in [6, 6.07) is -0.946. The Kier molecular flexibility index (Phi) is 4.64. The summed E-state index contributed by atoms with van der Waals surface area (Å²) in [5.41, 5.74) is 0. The zero-order chi connectivity index (χ0) is 14.4. The van der Waals surface area contributed by atoms with Crippen LogP contribution >= 0.6 is 58.0 Å². The van der Waals surface area contributed by atoms with Crippen LogP contribution in [0.5, 0.6) is 0 Å². The van der Waals surface area contributed by atoms with E-state index in [1.54, 1.807) is 4.90 Å². The molecule has 0 amide bonds. The van der Waals surface area contributed by atoms with Crippen molar-refractivity contribution in [1.82, 2.24) is 4.90 Å². The van der Waals surface area contributed by atoms with Gasteiger partial charge in [-0.05, 0) is 0 Å². The number of hydrogen-bond donors (Lipinski definition) is 0. The van der Waals surface area contributed by atoms with E-state index in [1.165, 1.54) is 0 Å². The molecule has 2 rings (SSSR count). The molecule has 19 heavy (non-hydrogen) atoms. The Morgan fingerprint density at radius 1 is 1.00 bits per heavy atom. The molecule has 1 aliphatic heterocycles. The predicted molar refractivity (Wildman–Crippen MR) is 74.7 cm³/mol. The first-order valence-electron chi connectivity index (χ1n) is 5.51. The minimum absolute atomic E-state index is 0.437. The first-order chi connectivity index (χ1) is 8.71. The lowest BCUT2D eigenvalue weighted by Crippen LogP contribution is -2.68. The van der Waals surface area contributed by atoms with Crippen LogP contribution in [0.1, 0.15) is 0 Å². The average molecular weight is 369 g/mol. The highest BCUT2D eigenvalue weighted by molar-refractivity contribution is 6.76. The van der Waals surface area contributed by atoms with Gasteiger partial charge < -0.3 is 4.74 Å². The number of carbonyl (C=O) groups excluding carboxylic acids is 2. The van der Waals surface area contributed by atoms with Gasteiger partial charge in [0.2, 0.25) is 8.67 Å². The minimum atomic E-state index is -2.25. The third-order valence-corrected chi connectivity index (χ3v) is 5.95. The van der Waals surface area contributed by atoms with Crippen molar-refractivity contribution in [1.29, 1.82) is 0 Å². The van der Waals surface area contributed by atoms with Crippen molar-refractivity contribution >= 4 is 69.6 Å². The van der Waals surface area contributed by atoms with Crippen LogP contribution in [0.4, 0.5) is 0 Å². The van der Waals surface area contributed by atoms with Crippen LogP contribution < -0.4 is 0 Å². The smallest absolute Gasteiger partial charge is 0.217 e. The molecule has 2 fully saturated rings. The molecule has 2 aliphatic rings. The van der Waals surface area contributed by atoms with Gasteiger partial charge in [0, 0.05) is 13.1 Å². The molecule has 0 spiro atoms. The maximum atomic E-state index is 12.4. The van der Waals surface area contributed by atoms with Crippen LogP contribution in [-0.2, 0) is 14.3 Å². The number of morpholine rings is 1. The van der Waals surface area contributed by atoms with Crippen LogP contribution in [-0.4, -0.2) is 62.9 Å². The Bertz CT molecular complexity index is 408.